The van der Waals surface area contributed by atoms with Gasteiger partial charge < -0.3 is 15.5 Å². The molecular weight excluding hydrogens is 381 g/mol. The van der Waals surface area contributed by atoms with Crippen molar-refractivity contribution in [3.8, 4) is 5.75 Å². The van der Waals surface area contributed by atoms with Crippen molar-refractivity contribution in [2.24, 2.45) is 0 Å². The quantitative estimate of drug-likeness (QED) is 0.574. The largest absolute Gasteiger partial charge is 0.508 e. The number of aromatic hydroxyl groups is 1. The van der Waals surface area contributed by atoms with Crippen LogP contribution < -0.4 is 10.6 Å². The summed E-state index contributed by atoms with van der Waals surface area (Å²) in [4.78, 5) is 37.5. The molecule has 0 saturated carbocycles. The first-order valence-electron chi connectivity index (χ1n) is 9.01. The summed E-state index contributed by atoms with van der Waals surface area (Å²) >= 11 is 0. The van der Waals surface area contributed by atoms with Crippen molar-refractivity contribution in [3.63, 3.8) is 0 Å². The molecule has 0 aliphatic carbocycles. The minimum atomic E-state index is -2.11. The number of phenolic OH excluding ortho intramolecular Hbond substituents is 1. The van der Waals surface area contributed by atoms with Gasteiger partial charge in [-0.3, -0.25) is 24.6 Å². The Labute approximate surface area is 164 Å². The van der Waals surface area contributed by atoms with Gasteiger partial charge in [-0.25, -0.2) is 4.39 Å². The summed E-state index contributed by atoms with van der Waals surface area (Å²) < 4.78 is 13.9. The number of nitrogens with one attached hydrogen (secondary N) is 2. The molecule has 4 rings (SSSR count). The summed E-state index contributed by atoms with van der Waals surface area (Å²) in [5, 5.41) is 25.5. The lowest BCUT2D eigenvalue weighted by atomic mass is 10.00. The number of halogens is 1. The van der Waals surface area contributed by atoms with Crippen LogP contribution in [0.4, 0.5) is 10.1 Å². The molecule has 2 aromatic rings. The van der Waals surface area contributed by atoms with Crippen LogP contribution in [0.3, 0.4) is 0 Å². The second-order valence-corrected chi connectivity index (χ2v) is 7.05. The summed E-state index contributed by atoms with van der Waals surface area (Å²) in [6, 6.07) is 8.62. The van der Waals surface area contributed by atoms with Crippen molar-refractivity contribution in [1.82, 2.24) is 10.2 Å². The maximum Gasteiger partial charge on any atom is 0.279 e. The number of phenols is 1. The monoisotopic (exact) mass is 399 g/mol. The third-order valence-corrected chi connectivity index (χ3v) is 5.23. The van der Waals surface area contributed by atoms with Crippen molar-refractivity contribution >= 4 is 23.4 Å². The Balaban J connectivity index is 1.59. The molecule has 2 aliphatic rings. The second-order valence-electron chi connectivity index (χ2n) is 7.05. The highest BCUT2D eigenvalue weighted by Crippen LogP contribution is 2.36. The van der Waals surface area contributed by atoms with Gasteiger partial charge >= 0.3 is 0 Å². The van der Waals surface area contributed by atoms with Crippen LogP contribution in [-0.2, 0) is 22.7 Å². The number of hydrogen-bond donors (Lipinski definition) is 4. The number of anilines is 1. The van der Waals surface area contributed by atoms with Gasteiger partial charge in [0.25, 0.3) is 11.8 Å². The van der Waals surface area contributed by atoms with Gasteiger partial charge in [-0.05, 0) is 30.3 Å². The van der Waals surface area contributed by atoms with E-state index in [0.717, 1.165) is 11.0 Å². The highest BCUT2D eigenvalue weighted by molar-refractivity contribution is 6.07. The number of fused-ring (bicyclic) bond motifs is 1. The van der Waals surface area contributed by atoms with E-state index in [2.05, 4.69) is 10.6 Å². The molecule has 1 unspecified atom stereocenters. The van der Waals surface area contributed by atoms with Gasteiger partial charge in [-0.1, -0.05) is 6.07 Å². The Morgan fingerprint density at radius 1 is 1.21 bits per heavy atom. The first-order chi connectivity index (χ1) is 13.8. The Hall–Kier alpha value is -3.46. The van der Waals surface area contributed by atoms with Crippen LogP contribution in [0.25, 0.3) is 0 Å². The average Bonchev–Trinajstić information content (AvgIpc) is 3.04. The zero-order valence-electron chi connectivity index (χ0n) is 15.2. The summed E-state index contributed by atoms with van der Waals surface area (Å²) in [5.41, 5.74) is -0.469. The minimum absolute atomic E-state index is 0.0437. The zero-order valence-corrected chi connectivity index (χ0v) is 15.2. The van der Waals surface area contributed by atoms with Crippen molar-refractivity contribution < 1.29 is 29.0 Å². The van der Waals surface area contributed by atoms with Gasteiger partial charge in [-0.15, -0.1) is 0 Å². The highest BCUT2D eigenvalue weighted by atomic mass is 19.1. The molecule has 8 nitrogen and oxygen atoms in total. The molecule has 0 spiro atoms. The van der Waals surface area contributed by atoms with Crippen molar-refractivity contribution in [3.05, 3.63) is 58.9 Å². The summed E-state index contributed by atoms with van der Waals surface area (Å²) in [7, 11) is 0. The van der Waals surface area contributed by atoms with Gasteiger partial charge in [0.2, 0.25) is 11.6 Å². The lowest BCUT2D eigenvalue weighted by Gasteiger charge is -2.37. The minimum Gasteiger partial charge on any atom is -0.508 e. The molecule has 3 amide bonds. The molecule has 9 heteroatoms. The van der Waals surface area contributed by atoms with E-state index in [4.69, 9.17) is 0 Å². The predicted molar refractivity (Wildman–Crippen MR) is 99.0 cm³/mol. The van der Waals surface area contributed by atoms with Crippen LogP contribution in [0.5, 0.6) is 5.75 Å². The number of nitrogens with zero attached hydrogens (tertiary/aromatic N) is 1. The number of carbonyl (C=O) groups excluding carboxylic acids is 3. The summed E-state index contributed by atoms with van der Waals surface area (Å²) in [6.45, 7) is 0.0160. The number of imide groups is 1. The molecule has 2 heterocycles. The van der Waals surface area contributed by atoms with Gasteiger partial charge in [0.05, 0.1) is 6.54 Å². The van der Waals surface area contributed by atoms with Crippen LogP contribution in [-0.4, -0.2) is 38.6 Å². The predicted octanol–water partition coefficient (Wildman–Crippen LogP) is 1.22. The third kappa shape index (κ3) is 3.19. The highest BCUT2D eigenvalue weighted by Gasteiger charge is 2.51. The summed E-state index contributed by atoms with van der Waals surface area (Å²) in [5.74, 6) is -2.51. The lowest BCUT2D eigenvalue weighted by molar-refractivity contribution is -0.167. The standard InChI is InChI=1S/C20H18FN3O5/c21-15-5-4-12(25)8-11(15)9-22-16-3-1-2-13-14(16)10-24(18(13)27)20(29)7-6-17(26)23-19(20)28/h1-5,8,22,25,29H,6-7,9-10H2,(H,23,26,28). The normalized spacial score (nSPS) is 21.2. The van der Waals surface area contributed by atoms with Crippen LogP contribution >= 0.6 is 0 Å². The molecule has 0 bridgehead atoms. The van der Waals surface area contributed by atoms with E-state index < -0.39 is 29.3 Å². The van der Waals surface area contributed by atoms with Gasteiger partial charge in [0, 0.05) is 41.8 Å². The average molecular weight is 399 g/mol. The third-order valence-electron chi connectivity index (χ3n) is 5.23. The van der Waals surface area contributed by atoms with Crippen molar-refractivity contribution in [1.29, 1.82) is 0 Å². The zero-order chi connectivity index (χ0) is 20.8. The van der Waals surface area contributed by atoms with Crippen molar-refractivity contribution in [2.75, 3.05) is 5.32 Å². The van der Waals surface area contributed by atoms with Crippen molar-refractivity contribution in [2.45, 2.75) is 31.7 Å². The van der Waals surface area contributed by atoms with E-state index >= 15 is 0 Å². The number of carbonyl (C=O) groups is 3. The number of aliphatic hydroxyl groups is 1. The van der Waals surface area contributed by atoms with Crippen LogP contribution in [0.15, 0.2) is 36.4 Å². The molecular formula is C20H18FN3O5. The lowest BCUT2D eigenvalue weighted by Crippen LogP contribution is -2.63. The Morgan fingerprint density at radius 2 is 2.00 bits per heavy atom. The van der Waals surface area contributed by atoms with E-state index in [1.807, 2.05) is 0 Å². The topological polar surface area (TPSA) is 119 Å². The van der Waals surface area contributed by atoms with E-state index in [-0.39, 0.29) is 37.2 Å². The smallest absolute Gasteiger partial charge is 0.279 e. The fourth-order valence-electron chi connectivity index (χ4n) is 3.63. The number of amides is 3. The maximum atomic E-state index is 13.9. The molecule has 2 aliphatic heterocycles. The molecule has 4 N–H and O–H groups in total. The second kappa shape index (κ2) is 6.85. The molecule has 1 atom stereocenters. The van der Waals surface area contributed by atoms with Gasteiger partial charge in [0.1, 0.15) is 11.6 Å². The fraction of sp³-hybridized carbons (Fsp3) is 0.250. The number of piperidine rings is 1. The fourth-order valence-corrected chi connectivity index (χ4v) is 3.63. The Bertz CT molecular complexity index is 1040. The SMILES string of the molecule is O=C1CCC(O)(N2Cc3c(NCc4cc(O)ccc4F)cccc3C2=O)C(=O)N1. The molecule has 2 aromatic carbocycles. The molecule has 1 fully saturated rings. The first kappa shape index (κ1) is 18.9. The van der Waals surface area contributed by atoms with Crippen LogP contribution in [0.1, 0.15) is 34.3 Å². The van der Waals surface area contributed by atoms with E-state index in [0.29, 0.717) is 16.8 Å². The number of rotatable bonds is 4. The molecule has 1 saturated heterocycles. The van der Waals surface area contributed by atoms with E-state index in [9.17, 15) is 29.0 Å². The first-order valence-corrected chi connectivity index (χ1v) is 9.01. The van der Waals surface area contributed by atoms with Gasteiger partial charge in [0.15, 0.2) is 0 Å². The maximum absolute atomic E-state index is 13.9. The molecule has 0 aromatic heterocycles. The van der Waals surface area contributed by atoms with Crippen LogP contribution in [0, 0.1) is 5.82 Å². The van der Waals surface area contributed by atoms with Gasteiger partial charge in [-0.2, -0.15) is 0 Å². The Kier molecular flexibility index (Phi) is 4.46. The summed E-state index contributed by atoms with van der Waals surface area (Å²) in [6.07, 6.45) is -0.265. The Morgan fingerprint density at radius 3 is 2.76 bits per heavy atom. The van der Waals surface area contributed by atoms with E-state index in [1.54, 1.807) is 18.2 Å². The molecule has 0 radical (unpaired) electrons. The number of hydrogen-bond acceptors (Lipinski definition) is 6. The van der Waals surface area contributed by atoms with Crippen LogP contribution in [0.2, 0.25) is 0 Å². The number of benzene rings is 2. The van der Waals surface area contributed by atoms with E-state index in [1.165, 1.54) is 12.1 Å². The molecule has 29 heavy (non-hydrogen) atoms. The molecule has 150 valence electrons.